The second-order valence-corrected chi connectivity index (χ2v) is 4.06. The molecule has 0 amide bonds. The molecule has 1 aromatic heterocycles. The Balaban J connectivity index is 2.49. The van der Waals surface area contributed by atoms with Crippen LogP contribution in [0.3, 0.4) is 0 Å². The molecule has 100 valence electrons. The zero-order chi connectivity index (χ0) is 14.0. The zero-order valence-corrected chi connectivity index (χ0v) is 10.6. The van der Waals surface area contributed by atoms with E-state index in [0.717, 1.165) is 0 Å². The lowest BCUT2D eigenvalue weighted by Gasteiger charge is -2.08. The Hall–Kier alpha value is -2.37. The van der Waals surface area contributed by atoms with E-state index in [1.807, 2.05) is 0 Å². The lowest BCUT2D eigenvalue weighted by Crippen LogP contribution is -2.01. The van der Waals surface area contributed by atoms with Gasteiger partial charge in [-0.2, -0.15) is 5.10 Å². The maximum absolute atomic E-state index is 13.3. The van der Waals surface area contributed by atoms with Crippen LogP contribution >= 0.6 is 0 Å². The third kappa shape index (κ3) is 2.73. The second kappa shape index (κ2) is 5.09. The van der Waals surface area contributed by atoms with E-state index in [2.05, 4.69) is 5.10 Å². The SMILES string of the molecule is COc1ccc(F)cc1-c1cc(CC(=O)O)nn1C. The highest BCUT2D eigenvalue weighted by atomic mass is 19.1. The van der Waals surface area contributed by atoms with Crippen LogP contribution in [0.4, 0.5) is 4.39 Å². The highest BCUT2D eigenvalue weighted by Crippen LogP contribution is 2.30. The van der Waals surface area contributed by atoms with E-state index >= 15 is 0 Å². The molecule has 0 aliphatic carbocycles. The molecule has 0 spiro atoms. The van der Waals surface area contributed by atoms with Gasteiger partial charge in [-0.05, 0) is 24.3 Å². The fourth-order valence-electron chi connectivity index (χ4n) is 1.90. The smallest absolute Gasteiger partial charge is 0.309 e. The van der Waals surface area contributed by atoms with Gasteiger partial charge in [0.05, 0.1) is 24.9 Å². The Bertz CT molecular complexity index is 622. The van der Waals surface area contributed by atoms with Gasteiger partial charge in [0.15, 0.2) is 0 Å². The number of carbonyl (C=O) groups is 1. The quantitative estimate of drug-likeness (QED) is 0.915. The molecule has 2 aromatic rings. The van der Waals surface area contributed by atoms with Gasteiger partial charge in [0.1, 0.15) is 11.6 Å². The van der Waals surface area contributed by atoms with Gasteiger partial charge in [-0.15, -0.1) is 0 Å². The maximum Gasteiger partial charge on any atom is 0.309 e. The minimum absolute atomic E-state index is 0.175. The molecule has 0 saturated carbocycles. The standard InChI is InChI=1S/C13H13FN2O3/c1-16-11(6-9(15-16)7-13(17)18)10-5-8(14)3-4-12(10)19-2/h3-6H,7H2,1-2H3,(H,17,18). The van der Waals surface area contributed by atoms with Crippen LogP contribution in [0.1, 0.15) is 5.69 Å². The summed E-state index contributed by atoms with van der Waals surface area (Å²) < 4.78 is 20.0. The molecule has 0 saturated heterocycles. The Morgan fingerprint density at radius 1 is 1.47 bits per heavy atom. The molecule has 0 radical (unpaired) electrons. The van der Waals surface area contributed by atoms with E-state index in [-0.39, 0.29) is 6.42 Å². The van der Waals surface area contributed by atoms with Crippen molar-refractivity contribution in [2.75, 3.05) is 7.11 Å². The predicted molar refractivity (Wildman–Crippen MR) is 66.5 cm³/mol. The number of benzene rings is 1. The second-order valence-electron chi connectivity index (χ2n) is 4.06. The van der Waals surface area contributed by atoms with Crippen molar-refractivity contribution in [2.24, 2.45) is 7.05 Å². The molecule has 1 N–H and O–H groups in total. The highest BCUT2D eigenvalue weighted by molar-refractivity contribution is 5.72. The Morgan fingerprint density at radius 3 is 2.84 bits per heavy atom. The highest BCUT2D eigenvalue weighted by Gasteiger charge is 2.14. The van der Waals surface area contributed by atoms with Gasteiger partial charge in [0.2, 0.25) is 0 Å². The zero-order valence-electron chi connectivity index (χ0n) is 10.6. The summed E-state index contributed by atoms with van der Waals surface area (Å²) in [5.74, 6) is -0.848. The molecule has 0 atom stereocenters. The number of aryl methyl sites for hydroxylation is 1. The van der Waals surface area contributed by atoms with Gasteiger partial charge in [-0.1, -0.05) is 0 Å². The van der Waals surface area contributed by atoms with Gasteiger partial charge in [0, 0.05) is 12.6 Å². The van der Waals surface area contributed by atoms with Crippen LogP contribution < -0.4 is 4.74 Å². The lowest BCUT2D eigenvalue weighted by molar-refractivity contribution is -0.136. The number of methoxy groups -OCH3 is 1. The third-order valence-corrected chi connectivity index (χ3v) is 2.70. The summed E-state index contributed by atoms with van der Waals surface area (Å²) in [6.07, 6.45) is -0.175. The molecule has 0 aliphatic heterocycles. The van der Waals surface area contributed by atoms with Crippen molar-refractivity contribution in [3.05, 3.63) is 35.8 Å². The van der Waals surface area contributed by atoms with E-state index in [4.69, 9.17) is 9.84 Å². The van der Waals surface area contributed by atoms with Crippen molar-refractivity contribution < 1.29 is 19.0 Å². The first-order valence-electron chi connectivity index (χ1n) is 5.60. The number of carboxylic acids is 1. The molecule has 1 heterocycles. The molecule has 2 rings (SSSR count). The van der Waals surface area contributed by atoms with Gasteiger partial charge < -0.3 is 9.84 Å². The number of aliphatic carboxylic acids is 1. The average Bonchev–Trinajstić information content (AvgIpc) is 2.69. The number of hydrogen-bond acceptors (Lipinski definition) is 3. The summed E-state index contributed by atoms with van der Waals surface area (Å²) in [6, 6.07) is 5.78. The monoisotopic (exact) mass is 264 g/mol. The predicted octanol–water partition coefficient (Wildman–Crippen LogP) is 1.86. The topological polar surface area (TPSA) is 64.3 Å². The largest absolute Gasteiger partial charge is 0.496 e. The van der Waals surface area contributed by atoms with Gasteiger partial charge in [-0.25, -0.2) is 4.39 Å². The molecule has 0 bridgehead atoms. The number of aromatic nitrogens is 2. The Kier molecular flexibility index (Phi) is 3.50. The molecule has 1 aromatic carbocycles. The fraction of sp³-hybridized carbons (Fsp3) is 0.231. The van der Waals surface area contributed by atoms with Crippen molar-refractivity contribution in [3.63, 3.8) is 0 Å². The molecule has 0 fully saturated rings. The summed E-state index contributed by atoms with van der Waals surface area (Å²) in [6.45, 7) is 0. The van der Waals surface area contributed by atoms with Crippen LogP contribution in [0.25, 0.3) is 11.3 Å². The minimum Gasteiger partial charge on any atom is -0.496 e. The van der Waals surface area contributed by atoms with Crippen molar-refractivity contribution in [1.29, 1.82) is 0 Å². The number of nitrogens with zero attached hydrogens (tertiary/aromatic N) is 2. The number of ether oxygens (including phenoxy) is 1. The van der Waals surface area contributed by atoms with E-state index in [9.17, 15) is 9.18 Å². The number of rotatable bonds is 4. The molecule has 19 heavy (non-hydrogen) atoms. The summed E-state index contributed by atoms with van der Waals surface area (Å²) in [5, 5.41) is 12.8. The van der Waals surface area contributed by atoms with E-state index in [1.165, 1.54) is 30.0 Å². The molecule has 5 nitrogen and oxygen atoms in total. The molecular weight excluding hydrogens is 251 g/mol. The summed E-state index contributed by atoms with van der Waals surface area (Å²) >= 11 is 0. The van der Waals surface area contributed by atoms with Gasteiger partial charge in [0.25, 0.3) is 0 Å². The van der Waals surface area contributed by atoms with Crippen LogP contribution in [0.2, 0.25) is 0 Å². The normalized spacial score (nSPS) is 10.5. The lowest BCUT2D eigenvalue weighted by atomic mass is 10.1. The van der Waals surface area contributed by atoms with Crippen LogP contribution in [0.5, 0.6) is 5.75 Å². The van der Waals surface area contributed by atoms with Crippen molar-refractivity contribution in [1.82, 2.24) is 9.78 Å². The third-order valence-electron chi connectivity index (χ3n) is 2.70. The van der Waals surface area contributed by atoms with Crippen molar-refractivity contribution >= 4 is 5.97 Å². The van der Waals surface area contributed by atoms with Crippen molar-refractivity contribution in [3.8, 4) is 17.0 Å². The van der Waals surface area contributed by atoms with Crippen LogP contribution in [-0.2, 0) is 18.3 Å². The van der Waals surface area contributed by atoms with Gasteiger partial charge in [-0.3, -0.25) is 9.48 Å². The Morgan fingerprint density at radius 2 is 2.21 bits per heavy atom. The first-order valence-corrected chi connectivity index (χ1v) is 5.60. The first kappa shape index (κ1) is 13.1. The molecule has 6 heteroatoms. The number of hydrogen-bond donors (Lipinski definition) is 1. The average molecular weight is 264 g/mol. The van der Waals surface area contributed by atoms with E-state index < -0.39 is 11.8 Å². The summed E-state index contributed by atoms with van der Waals surface area (Å²) in [5.41, 5.74) is 1.55. The van der Waals surface area contributed by atoms with Crippen LogP contribution in [0.15, 0.2) is 24.3 Å². The van der Waals surface area contributed by atoms with Gasteiger partial charge >= 0.3 is 5.97 Å². The first-order chi connectivity index (χ1) is 9.01. The number of carboxylic acid groups (broad SMARTS) is 1. The summed E-state index contributed by atoms with van der Waals surface area (Å²) in [4.78, 5) is 10.7. The van der Waals surface area contributed by atoms with Crippen LogP contribution in [-0.4, -0.2) is 28.0 Å². The van der Waals surface area contributed by atoms with E-state index in [1.54, 1.807) is 13.1 Å². The number of halogens is 1. The Labute approximate surface area is 109 Å². The molecule has 0 unspecified atom stereocenters. The fourth-order valence-corrected chi connectivity index (χ4v) is 1.90. The summed E-state index contributed by atoms with van der Waals surface area (Å²) in [7, 11) is 3.16. The van der Waals surface area contributed by atoms with E-state index in [0.29, 0.717) is 22.7 Å². The maximum atomic E-state index is 13.3. The van der Waals surface area contributed by atoms with Crippen LogP contribution in [0, 0.1) is 5.82 Å². The molecular formula is C13H13FN2O3. The molecule has 0 aliphatic rings. The minimum atomic E-state index is -0.962. The van der Waals surface area contributed by atoms with Crippen molar-refractivity contribution in [2.45, 2.75) is 6.42 Å².